The van der Waals surface area contributed by atoms with Crippen molar-refractivity contribution in [1.29, 1.82) is 0 Å². The van der Waals surface area contributed by atoms with E-state index in [-0.39, 0.29) is 31.7 Å². The summed E-state index contributed by atoms with van der Waals surface area (Å²) in [6, 6.07) is 0. The van der Waals surface area contributed by atoms with Crippen molar-refractivity contribution in [2.75, 3.05) is 26.9 Å². The monoisotopic (exact) mass is 263 g/mol. The van der Waals surface area contributed by atoms with Crippen molar-refractivity contribution < 1.29 is 28.8 Å². The van der Waals surface area contributed by atoms with Crippen LogP contribution in [0.4, 0.5) is 0 Å². The molecule has 0 amide bonds. The van der Waals surface area contributed by atoms with Gasteiger partial charge in [0, 0.05) is 6.42 Å². The van der Waals surface area contributed by atoms with E-state index >= 15 is 0 Å². The molecule has 106 valence electrons. The fourth-order valence-electron chi connectivity index (χ4n) is 1.62. The quantitative estimate of drug-likeness (QED) is 0.465. The van der Waals surface area contributed by atoms with Crippen LogP contribution in [-0.4, -0.2) is 56.1 Å². The average Bonchev–Trinajstić information content (AvgIpc) is 2.75. The number of esters is 1. The highest BCUT2D eigenvalue weighted by Gasteiger charge is 2.37. The summed E-state index contributed by atoms with van der Waals surface area (Å²) in [4.78, 5) is 11.0. The molecule has 3 N–H and O–H groups in total. The second-order valence-electron chi connectivity index (χ2n) is 4.32. The first-order chi connectivity index (χ1) is 8.49. The number of ether oxygens (including phenoxy) is 4. The van der Waals surface area contributed by atoms with Gasteiger partial charge in [0.2, 0.25) is 0 Å². The van der Waals surface area contributed by atoms with Crippen molar-refractivity contribution in [2.24, 2.45) is 5.73 Å². The molecule has 1 heterocycles. The van der Waals surface area contributed by atoms with E-state index < -0.39 is 12.0 Å². The molecule has 3 atom stereocenters. The summed E-state index contributed by atoms with van der Waals surface area (Å²) in [7, 11) is 1.34. The molecule has 0 aromatic heterocycles. The Morgan fingerprint density at radius 3 is 3.00 bits per heavy atom. The van der Waals surface area contributed by atoms with Crippen LogP contribution >= 0.6 is 0 Å². The van der Waals surface area contributed by atoms with Gasteiger partial charge in [0.1, 0.15) is 12.3 Å². The van der Waals surface area contributed by atoms with Crippen LogP contribution in [0.3, 0.4) is 0 Å². The van der Waals surface area contributed by atoms with Crippen molar-refractivity contribution in [2.45, 2.75) is 37.9 Å². The molecule has 0 aromatic carbocycles. The Morgan fingerprint density at radius 1 is 1.67 bits per heavy atom. The number of nitrogens with two attached hydrogens (primary N) is 1. The summed E-state index contributed by atoms with van der Waals surface area (Å²) >= 11 is 0. The molecule has 0 spiro atoms. The van der Waals surface area contributed by atoms with Crippen LogP contribution in [0, 0.1) is 0 Å². The minimum Gasteiger partial charge on any atom is -0.469 e. The largest absolute Gasteiger partial charge is 0.469 e. The number of aliphatic hydroxyl groups is 1. The highest BCUT2D eigenvalue weighted by atomic mass is 16.7. The molecule has 0 aromatic rings. The highest BCUT2D eigenvalue weighted by molar-refractivity contribution is 5.69. The Kier molecular flexibility index (Phi) is 5.97. The van der Waals surface area contributed by atoms with E-state index in [2.05, 4.69) is 4.74 Å². The molecule has 1 fully saturated rings. The molecule has 3 unspecified atom stereocenters. The molecule has 7 nitrogen and oxygen atoms in total. The van der Waals surface area contributed by atoms with Gasteiger partial charge in [-0.3, -0.25) is 4.79 Å². The van der Waals surface area contributed by atoms with Gasteiger partial charge in [0.05, 0.1) is 33.4 Å². The third-order valence-electron chi connectivity index (χ3n) is 2.68. The standard InChI is InChI=1S/C11H21NO6/c1-11(4-3-10(14)15-2)17-7-8(18-11)6-16-9(12)5-13/h8-9,13H,3-7,12H2,1-2H3. The topological polar surface area (TPSA) is 100 Å². The van der Waals surface area contributed by atoms with E-state index in [4.69, 9.17) is 25.1 Å². The Balaban J connectivity index is 2.28. The first-order valence-electron chi connectivity index (χ1n) is 5.85. The van der Waals surface area contributed by atoms with E-state index in [0.29, 0.717) is 13.0 Å². The second kappa shape index (κ2) is 7.01. The van der Waals surface area contributed by atoms with Crippen LogP contribution in [-0.2, 0) is 23.7 Å². The number of methoxy groups -OCH3 is 1. The summed E-state index contributed by atoms with van der Waals surface area (Å²) in [5, 5.41) is 8.71. The number of rotatable bonds is 7. The van der Waals surface area contributed by atoms with Crippen molar-refractivity contribution in [3.63, 3.8) is 0 Å². The molecule has 0 saturated carbocycles. The van der Waals surface area contributed by atoms with Gasteiger partial charge < -0.3 is 29.8 Å². The Bertz CT molecular complexity index is 274. The summed E-state index contributed by atoms with van der Waals surface area (Å²) < 4.78 is 20.8. The lowest BCUT2D eigenvalue weighted by Crippen LogP contribution is -2.33. The third kappa shape index (κ3) is 4.87. The second-order valence-corrected chi connectivity index (χ2v) is 4.32. The van der Waals surface area contributed by atoms with E-state index in [9.17, 15) is 4.79 Å². The van der Waals surface area contributed by atoms with Gasteiger partial charge in [-0.2, -0.15) is 0 Å². The minimum absolute atomic E-state index is 0.233. The Hall–Kier alpha value is -0.730. The Morgan fingerprint density at radius 2 is 2.39 bits per heavy atom. The molecular formula is C11H21NO6. The van der Waals surface area contributed by atoms with Crippen molar-refractivity contribution in [1.82, 2.24) is 0 Å². The van der Waals surface area contributed by atoms with E-state index in [1.54, 1.807) is 6.92 Å². The van der Waals surface area contributed by atoms with E-state index in [0.717, 1.165) is 0 Å². The minimum atomic E-state index is -0.800. The maximum absolute atomic E-state index is 11.0. The van der Waals surface area contributed by atoms with Crippen molar-refractivity contribution in [3.8, 4) is 0 Å². The lowest BCUT2D eigenvalue weighted by molar-refractivity contribution is -0.172. The molecule has 1 rings (SSSR count). The zero-order chi connectivity index (χ0) is 13.6. The third-order valence-corrected chi connectivity index (χ3v) is 2.68. The zero-order valence-electron chi connectivity index (χ0n) is 10.8. The molecule has 1 aliphatic heterocycles. The number of carbonyl (C=O) groups is 1. The van der Waals surface area contributed by atoms with Gasteiger partial charge in [-0.25, -0.2) is 0 Å². The van der Waals surface area contributed by atoms with Crippen LogP contribution in [0.5, 0.6) is 0 Å². The Labute approximate surface area is 106 Å². The maximum Gasteiger partial charge on any atom is 0.305 e. The summed E-state index contributed by atoms with van der Waals surface area (Å²) in [6.45, 7) is 2.14. The van der Waals surface area contributed by atoms with Crippen molar-refractivity contribution in [3.05, 3.63) is 0 Å². The van der Waals surface area contributed by atoms with Crippen molar-refractivity contribution >= 4 is 5.97 Å². The van der Waals surface area contributed by atoms with E-state index in [1.165, 1.54) is 7.11 Å². The van der Waals surface area contributed by atoms with Crippen LogP contribution in [0.2, 0.25) is 0 Å². The first kappa shape index (κ1) is 15.3. The molecule has 1 aliphatic rings. The van der Waals surface area contributed by atoms with Gasteiger partial charge in [0.15, 0.2) is 5.79 Å². The lowest BCUT2D eigenvalue weighted by Gasteiger charge is -2.23. The average molecular weight is 263 g/mol. The molecule has 18 heavy (non-hydrogen) atoms. The molecule has 7 heteroatoms. The van der Waals surface area contributed by atoms with Crippen LogP contribution in [0.15, 0.2) is 0 Å². The SMILES string of the molecule is COC(=O)CCC1(C)OCC(COC(N)CO)O1. The number of carbonyl (C=O) groups excluding carboxylic acids is 1. The predicted octanol–water partition coefficient (Wildman–Crippen LogP) is -0.635. The van der Waals surface area contributed by atoms with Gasteiger partial charge in [-0.15, -0.1) is 0 Å². The normalized spacial score (nSPS) is 29.2. The highest BCUT2D eigenvalue weighted by Crippen LogP contribution is 2.28. The van der Waals surface area contributed by atoms with Crippen LogP contribution in [0.1, 0.15) is 19.8 Å². The summed E-state index contributed by atoms with van der Waals surface area (Å²) in [6.07, 6.45) is -0.306. The van der Waals surface area contributed by atoms with E-state index in [1.807, 2.05) is 0 Å². The van der Waals surface area contributed by atoms with Crippen LogP contribution < -0.4 is 5.73 Å². The molecule has 0 aliphatic carbocycles. The first-order valence-corrected chi connectivity index (χ1v) is 5.85. The number of aliphatic hydroxyl groups excluding tert-OH is 1. The van der Waals surface area contributed by atoms with Crippen LogP contribution in [0.25, 0.3) is 0 Å². The smallest absolute Gasteiger partial charge is 0.305 e. The summed E-state index contributed by atoms with van der Waals surface area (Å²) in [5.74, 6) is -1.10. The number of hydrogen-bond acceptors (Lipinski definition) is 7. The summed E-state index contributed by atoms with van der Waals surface area (Å²) in [5.41, 5.74) is 5.41. The van der Waals surface area contributed by atoms with Gasteiger partial charge in [-0.1, -0.05) is 0 Å². The van der Waals surface area contributed by atoms with Gasteiger partial charge >= 0.3 is 5.97 Å². The molecular weight excluding hydrogens is 242 g/mol. The fourth-order valence-corrected chi connectivity index (χ4v) is 1.62. The predicted molar refractivity (Wildman–Crippen MR) is 61.5 cm³/mol. The molecule has 0 bridgehead atoms. The fraction of sp³-hybridized carbons (Fsp3) is 0.909. The lowest BCUT2D eigenvalue weighted by atomic mass is 10.2. The number of hydrogen-bond donors (Lipinski definition) is 2. The van der Waals surface area contributed by atoms with Gasteiger partial charge in [-0.05, 0) is 6.92 Å². The molecule has 1 saturated heterocycles. The van der Waals surface area contributed by atoms with Gasteiger partial charge in [0.25, 0.3) is 0 Å². The maximum atomic E-state index is 11.0. The zero-order valence-corrected chi connectivity index (χ0v) is 10.8. The molecule has 0 radical (unpaired) electrons.